The number of rotatable bonds is 4. The van der Waals surface area contributed by atoms with Gasteiger partial charge in [-0.1, -0.05) is 18.2 Å². The Bertz CT molecular complexity index is 1420. The molecule has 0 aliphatic carbocycles. The van der Waals surface area contributed by atoms with Crippen molar-refractivity contribution in [2.45, 2.75) is 26.5 Å². The van der Waals surface area contributed by atoms with Gasteiger partial charge in [-0.3, -0.25) is 10.3 Å². The van der Waals surface area contributed by atoms with Crippen molar-refractivity contribution in [1.82, 2.24) is 9.78 Å². The van der Waals surface area contributed by atoms with Crippen LogP contribution in [-0.2, 0) is 11.5 Å². The van der Waals surface area contributed by atoms with Gasteiger partial charge in [0.05, 0.1) is 42.0 Å². The summed E-state index contributed by atoms with van der Waals surface area (Å²) < 4.78 is 6.10. The Labute approximate surface area is 196 Å². The van der Waals surface area contributed by atoms with Crippen LogP contribution in [0.25, 0.3) is 22.2 Å². The molecule has 2 aromatic carbocycles. The van der Waals surface area contributed by atoms with Crippen molar-refractivity contribution in [2.75, 3.05) is 12.4 Å². The molecule has 9 heteroatoms. The first-order valence-electron chi connectivity index (χ1n) is 10.5. The summed E-state index contributed by atoms with van der Waals surface area (Å²) in [6, 6.07) is 17.2. The number of aromatic nitrogens is 2. The molecular weight excluding hydrogens is 432 g/mol. The first-order chi connectivity index (χ1) is 16.4. The number of aliphatic imine (C=N–C) groups is 1. The van der Waals surface area contributed by atoms with E-state index in [1.807, 2.05) is 30.3 Å². The van der Waals surface area contributed by atoms with Crippen LogP contribution in [0.4, 0.5) is 10.5 Å². The number of nitriles is 2. The third kappa shape index (κ3) is 3.90. The second-order valence-electron chi connectivity index (χ2n) is 7.91. The molecule has 34 heavy (non-hydrogen) atoms. The highest BCUT2D eigenvalue weighted by molar-refractivity contribution is 5.95. The number of anilines is 1. The molecule has 2 heterocycles. The number of aliphatic hydroxyl groups is 1. The van der Waals surface area contributed by atoms with E-state index in [0.717, 1.165) is 16.5 Å². The lowest BCUT2D eigenvalue weighted by Crippen LogP contribution is -2.24. The van der Waals surface area contributed by atoms with Crippen molar-refractivity contribution in [2.24, 2.45) is 10.9 Å². The van der Waals surface area contributed by atoms with E-state index >= 15 is 0 Å². The largest absolute Gasteiger partial charge is 0.453 e. The molecule has 2 atom stereocenters. The summed E-state index contributed by atoms with van der Waals surface area (Å²) in [6.07, 6.45) is -0.567. The van der Waals surface area contributed by atoms with Gasteiger partial charge >= 0.3 is 6.09 Å². The molecule has 0 saturated heterocycles. The zero-order valence-corrected chi connectivity index (χ0v) is 18.9. The van der Waals surface area contributed by atoms with E-state index in [2.05, 4.69) is 32.3 Å². The second kappa shape index (κ2) is 9.18. The molecule has 3 aromatic rings. The standard InChI is InChI=1S/C25H22N6O3/c1-14-20(11-26)23(21(12-27)15(2)28-14)17-6-9-22-19(10-17)24(30-31(22)13-32)16-4-7-18(8-5-16)29-25(33)34-3/h4-10,20,23,32H,13H2,1-3H3,(H,29,33). The van der Waals surface area contributed by atoms with Crippen LogP contribution < -0.4 is 5.32 Å². The molecule has 2 N–H and O–H groups in total. The van der Waals surface area contributed by atoms with E-state index in [1.54, 1.807) is 26.0 Å². The van der Waals surface area contributed by atoms with Crippen LogP contribution in [0.1, 0.15) is 25.3 Å². The Morgan fingerprint density at radius 3 is 2.56 bits per heavy atom. The Balaban J connectivity index is 1.84. The molecule has 4 rings (SSSR count). The molecule has 0 spiro atoms. The molecule has 1 aliphatic rings. The average Bonchev–Trinajstić information content (AvgIpc) is 3.22. The fraction of sp³-hybridized carbons (Fsp3) is 0.240. The molecular formula is C25H22N6O3. The monoisotopic (exact) mass is 454 g/mol. The second-order valence-corrected chi connectivity index (χ2v) is 7.91. The summed E-state index contributed by atoms with van der Waals surface area (Å²) in [5.74, 6) is -1.01. The van der Waals surface area contributed by atoms with Crippen LogP contribution in [0.3, 0.4) is 0 Å². The molecule has 1 aromatic heterocycles. The predicted molar refractivity (Wildman–Crippen MR) is 127 cm³/mol. The van der Waals surface area contributed by atoms with Crippen molar-refractivity contribution < 1.29 is 14.6 Å². The van der Waals surface area contributed by atoms with Crippen LogP contribution in [0.15, 0.2) is 58.7 Å². The number of nitrogens with zero attached hydrogens (tertiary/aromatic N) is 5. The van der Waals surface area contributed by atoms with Crippen LogP contribution in [0.5, 0.6) is 0 Å². The first kappa shape index (κ1) is 22.7. The van der Waals surface area contributed by atoms with Crippen LogP contribution in [0, 0.1) is 28.6 Å². The van der Waals surface area contributed by atoms with E-state index in [1.165, 1.54) is 11.8 Å². The van der Waals surface area contributed by atoms with E-state index in [4.69, 9.17) is 0 Å². The molecule has 9 nitrogen and oxygen atoms in total. The topological polar surface area (TPSA) is 136 Å². The van der Waals surface area contributed by atoms with Gasteiger partial charge in [-0.15, -0.1) is 0 Å². The minimum atomic E-state index is -0.567. The zero-order valence-electron chi connectivity index (χ0n) is 18.9. The number of allylic oxidation sites excluding steroid dienone is 2. The normalized spacial score (nSPS) is 17.6. The van der Waals surface area contributed by atoms with Gasteiger partial charge < -0.3 is 9.84 Å². The molecule has 2 unspecified atom stereocenters. The van der Waals surface area contributed by atoms with Crippen molar-refractivity contribution in [3.8, 4) is 23.4 Å². The number of benzene rings is 2. The fourth-order valence-corrected chi connectivity index (χ4v) is 4.30. The lowest BCUT2D eigenvalue weighted by Gasteiger charge is -2.26. The molecule has 1 amide bonds. The summed E-state index contributed by atoms with van der Waals surface area (Å²) in [5.41, 5.74) is 5.22. The number of carbonyl (C=O) groups is 1. The Kier molecular flexibility index (Phi) is 6.13. The number of amides is 1. The third-order valence-corrected chi connectivity index (χ3v) is 5.95. The quantitative estimate of drug-likeness (QED) is 0.602. The van der Waals surface area contributed by atoms with Gasteiger partial charge in [0.2, 0.25) is 0 Å². The lowest BCUT2D eigenvalue weighted by atomic mass is 9.76. The average molecular weight is 454 g/mol. The van der Waals surface area contributed by atoms with Gasteiger partial charge in [0.1, 0.15) is 12.4 Å². The van der Waals surface area contributed by atoms with Crippen LogP contribution in [0.2, 0.25) is 0 Å². The molecule has 0 radical (unpaired) electrons. The maximum atomic E-state index is 11.5. The van der Waals surface area contributed by atoms with Gasteiger partial charge in [0.15, 0.2) is 0 Å². The SMILES string of the molecule is COC(=O)Nc1ccc(-c2nn(CO)c3ccc(C4C(C#N)=C(C)N=C(C)C4C#N)cc23)cc1. The van der Waals surface area contributed by atoms with Crippen molar-refractivity contribution in [1.29, 1.82) is 10.5 Å². The van der Waals surface area contributed by atoms with Crippen molar-refractivity contribution >= 4 is 28.4 Å². The highest BCUT2D eigenvalue weighted by Crippen LogP contribution is 2.40. The minimum absolute atomic E-state index is 0.309. The van der Waals surface area contributed by atoms with E-state index in [0.29, 0.717) is 33.9 Å². The van der Waals surface area contributed by atoms with Gasteiger partial charge in [0.25, 0.3) is 0 Å². The number of hydrogen-bond donors (Lipinski definition) is 2. The Hall–Kier alpha value is -4.47. The molecule has 0 saturated carbocycles. The minimum Gasteiger partial charge on any atom is -0.453 e. The summed E-state index contributed by atoms with van der Waals surface area (Å²) in [4.78, 5) is 15.9. The molecule has 170 valence electrons. The molecule has 0 bridgehead atoms. The lowest BCUT2D eigenvalue weighted by molar-refractivity contribution is 0.187. The molecule has 0 fully saturated rings. The smallest absolute Gasteiger partial charge is 0.411 e. The van der Waals surface area contributed by atoms with Gasteiger partial charge in [-0.05, 0) is 43.7 Å². The number of hydrogen-bond acceptors (Lipinski definition) is 7. The molecule has 1 aliphatic heterocycles. The summed E-state index contributed by atoms with van der Waals surface area (Å²) >= 11 is 0. The number of ether oxygens (including phenoxy) is 1. The number of nitrogens with one attached hydrogen (secondary N) is 1. The van der Waals surface area contributed by atoms with Crippen LogP contribution in [-0.4, -0.2) is 33.8 Å². The summed E-state index contributed by atoms with van der Waals surface area (Å²) in [6.45, 7) is 3.27. The van der Waals surface area contributed by atoms with Gasteiger partial charge in [-0.25, -0.2) is 9.48 Å². The van der Waals surface area contributed by atoms with Crippen molar-refractivity contribution in [3.63, 3.8) is 0 Å². The van der Waals surface area contributed by atoms with E-state index in [9.17, 15) is 20.4 Å². The Morgan fingerprint density at radius 1 is 1.21 bits per heavy atom. The maximum absolute atomic E-state index is 11.5. The number of fused-ring (bicyclic) bond motifs is 1. The number of carbonyl (C=O) groups excluding carboxylic acids is 1. The first-order valence-corrected chi connectivity index (χ1v) is 10.5. The number of aliphatic hydroxyl groups excluding tert-OH is 1. The fourth-order valence-electron chi connectivity index (χ4n) is 4.30. The summed E-state index contributed by atoms with van der Waals surface area (Å²) in [7, 11) is 1.29. The predicted octanol–water partition coefficient (Wildman–Crippen LogP) is 4.33. The summed E-state index contributed by atoms with van der Waals surface area (Å²) in [5, 5.41) is 37.4. The highest BCUT2D eigenvalue weighted by Gasteiger charge is 2.34. The van der Waals surface area contributed by atoms with Gasteiger partial charge in [0, 0.05) is 28.3 Å². The number of methoxy groups -OCH3 is 1. The van der Waals surface area contributed by atoms with E-state index < -0.39 is 17.9 Å². The van der Waals surface area contributed by atoms with Crippen LogP contribution >= 0.6 is 0 Å². The Morgan fingerprint density at radius 2 is 1.94 bits per heavy atom. The third-order valence-electron chi connectivity index (χ3n) is 5.95. The maximum Gasteiger partial charge on any atom is 0.411 e. The zero-order chi connectivity index (χ0) is 24.4. The van der Waals surface area contributed by atoms with Crippen molar-refractivity contribution in [3.05, 3.63) is 59.3 Å². The van der Waals surface area contributed by atoms with E-state index in [-0.39, 0.29) is 6.73 Å². The highest BCUT2D eigenvalue weighted by atomic mass is 16.5. The van der Waals surface area contributed by atoms with Gasteiger partial charge in [-0.2, -0.15) is 15.6 Å².